The molecule has 0 spiro atoms. The zero-order valence-corrected chi connectivity index (χ0v) is 74.2. The van der Waals surface area contributed by atoms with Crippen LogP contribution in [0, 0.1) is 0 Å². The van der Waals surface area contributed by atoms with Gasteiger partial charge in [0.25, 0.3) is 6.71 Å². The number of hydrogen-bond acceptors (Lipinski definition) is 2. The number of anilines is 4. The average molecular weight is 1640 g/mol. The van der Waals surface area contributed by atoms with E-state index in [9.17, 15) is 8.22 Å². The molecule has 4 heteroatoms. The molecule has 0 unspecified atom stereocenters. The number of nitrogens with zero attached hydrogens (tertiary/aromatic N) is 3. The lowest BCUT2D eigenvalue weighted by Crippen LogP contribution is -2.62. The van der Waals surface area contributed by atoms with E-state index in [0.717, 1.165) is 98.7 Å². The minimum atomic E-state index is -0.699. The van der Waals surface area contributed by atoms with E-state index in [4.69, 9.17) is 0 Å². The van der Waals surface area contributed by atoms with E-state index in [-0.39, 0.29) is 48.4 Å². The molecule has 3 heterocycles. The van der Waals surface area contributed by atoms with Gasteiger partial charge in [-0.1, -0.05) is 391 Å². The van der Waals surface area contributed by atoms with Gasteiger partial charge < -0.3 is 14.4 Å². The fourth-order valence-corrected chi connectivity index (χ4v) is 21.8. The lowest BCUT2D eigenvalue weighted by atomic mass is 9.33. The number of rotatable bonds is 22. The van der Waals surface area contributed by atoms with E-state index < -0.39 is 21.7 Å². The Labute approximate surface area is 755 Å². The molecule has 618 valence electrons. The van der Waals surface area contributed by atoms with E-state index in [1.165, 1.54) is 128 Å². The molecule has 3 nitrogen and oxygen atoms in total. The Balaban J connectivity index is 0.639. The fraction of sp³-hybridized carbons (Fsp3) is 0.213. The first-order valence-electron chi connectivity index (χ1n) is 49.0. The zero-order valence-electron chi connectivity index (χ0n) is 80.2. The van der Waals surface area contributed by atoms with Crippen molar-refractivity contribution >= 4 is 67.7 Å². The molecule has 2 aliphatic carbocycles. The van der Waals surface area contributed by atoms with Crippen LogP contribution in [0.25, 0.3) is 83.1 Å². The van der Waals surface area contributed by atoms with Crippen molar-refractivity contribution in [1.29, 1.82) is 0 Å². The molecule has 2 aliphatic heterocycles. The first kappa shape index (κ1) is 73.4. The Morgan fingerprint density at radius 3 is 1.13 bits per heavy atom. The molecule has 0 bridgehead atoms. The van der Waals surface area contributed by atoms with Gasteiger partial charge in [0.05, 0.1) is 30.1 Å². The van der Waals surface area contributed by atoms with Crippen LogP contribution in [0.1, 0.15) is 194 Å². The maximum Gasteiger partial charge on any atom is 0.252 e. The van der Waals surface area contributed by atoms with E-state index >= 15 is 0 Å². The Morgan fingerprint density at radius 1 is 0.286 bits per heavy atom. The molecule has 0 fully saturated rings. The highest BCUT2D eigenvalue weighted by Gasteiger charge is 2.49. The summed E-state index contributed by atoms with van der Waals surface area (Å²) in [5.74, 6) is 0. The Hall–Kier alpha value is -13.0. The number of hydrogen-bond donors (Lipinski definition) is 0. The summed E-state index contributed by atoms with van der Waals surface area (Å²) in [6.07, 6.45) is 9.91. The van der Waals surface area contributed by atoms with Crippen molar-refractivity contribution in [3.8, 4) is 61.3 Å². The molecule has 126 heavy (non-hydrogen) atoms. The maximum atomic E-state index is 10.3. The fourth-order valence-electron chi connectivity index (χ4n) is 21.8. The summed E-state index contributed by atoms with van der Waals surface area (Å²) in [7, 11) is 0. The molecule has 0 amide bonds. The van der Waals surface area contributed by atoms with Gasteiger partial charge in [0, 0.05) is 52.3 Å². The van der Waals surface area contributed by atoms with Gasteiger partial charge >= 0.3 is 0 Å². The van der Waals surface area contributed by atoms with Crippen molar-refractivity contribution in [2.45, 2.75) is 154 Å². The predicted molar refractivity (Wildman–Crippen MR) is 537 cm³/mol. The van der Waals surface area contributed by atoms with Gasteiger partial charge in [0.2, 0.25) is 0 Å². The highest BCUT2D eigenvalue weighted by molar-refractivity contribution is 7.00. The molecule has 16 aromatic carbocycles. The van der Waals surface area contributed by atoms with Crippen molar-refractivity contribution in [2.24, 2.45) is 0 Å². The quantitative estimate of drug-likeness (QED) is 0.0495. The normalized spacial score (nSPS) is 14.6. The predicted octanol–water partition coefficient (Wildman–Crippen LogP) is 29.4. The van der Waals surface area contributed by atoms with Gasteiger partial charge in [0.1, 0.15) is 0 Å². The molecular weight excluding hydrogens is 1520 g/mol. The molecule has 0 radical (unpaired) electrons. The van der Waals surface area contributed by atoms with Crippen LogP contribution in [0.15, 0.2) is 370 Å². The first-order chi connectivity index (χ1) is 64.0. The van der Waals surface area contributed by atoms with Crippen LogP contribution < -0.4 is 26.2 Å². The van der Waals surface area contributed by atoms with Gasteiger partial charge in [-0.05, 0) is 266 Å². The third-order valence-electron chi connectivity index (χ3n) is 28.0. The van der Waals surface area contributed by atoms with Crippen LogP contribution in [0.5, 0.6) is 0 Å². The van der Waals surface area contributed by atoms with E-state index in [2.05, 4.69) is 364 Å². The standard InChI is InChI=1S/C122H112BN3/c1-118(2,3)93-64-71-111-103(78-93)104-79-94(119(4,5)6)65-72-112(104)126(111)96-66-69-109-114(82-96)125(74-40-13-11-20-44-85-46-32-34-56-98(85)88-62-68-102-100-58-36-38-60-106(100)122(108(102)76-88,91-51-27-17-28-52-91)92-53-29-18-30-54-92)116-81-95(120(7,8)9)80-115-117(116)123(109)110-77-86(83-41-21-14-22-42-83)63-70-113(110)124(115)73-39-12-10-19-43-84-45-31-33-55-97(84)87-61-67-101-99-57-35-37-59-105(99)121(107(101)75-87,89-47-23-15-24-48-89)90-49-25-16-26-50-90/h14-18,21-38,41-42,45-72,75-82H,10-13,19-20,39-40,43-44,73-74H2,1-9H3/i64D,65D,71D,72D,78D,79D. The van der Waals surface area contributed by atoms with Gasteiger partial charge in [0.15, 0.2) is 0 Å². The third kappa shape index (κ3) is 13.7. The van der Waals surface area contributed by atoms with Crippen LogP contribution in [0.4, 0.5) is 22.7 Å². The second kappa shape index (κ2) is 32.2. The highest BCUT2D eigenvalue weighted by Crippen LogP contribution is 2.59. The summed E-state index contributed by atoms with van der Waals surface area (Å²) < 4.78 is 62.6. The molecule has 0 N–H and O–H groups in total. The largest absolute Gasteiger partial charge is 0.342 e. The second-order valence-electron chi connectivity index (χ2n) is 38.8. The molecule has 0 saturated heterocycles. The van der Waals surface area contributed by atoms with E-state index in [1.807, 2.05) is 46.1 Å². The van der Waals surface area contributed by atoms with Crippen molar-refractivity contribution < 1.29 is 8.22 Å². The Kier molecular flexibility index (Phi) is 18.7. The van der Waals surface area contributed by atoms with Crippen molar-refractivity contribution in [1.82, 2.24) is 4.57 Å². The minimum absolute atomic E-state index is 0.0426. The highest BCUT2D eigenvalue weighted by atomic mass is 15.2. The Morgan fingerprint density at radius 2 is 0.675 bits per heavy atom. The minimum Gasteiger partial charge on any atom is -0.342 e. The van der Waals surface area contributed by atoms with E-state index in [1.54, 1.807) is 0 Å². The third-order valence-corrected chi connectivity index (χ3v) is 28.0. The monoisotopic (exact) mass is 1640 g/mol. The lowest BCUT2D eigenvalue weighted by molar-refractivity contribution is 0.589. The second-order valence-corrected chi connectivity index (χ2v) is 38.8. The Bertz CT molecular complexity index is 7200. The number of benzene rings is 16. The molecule has 17 aromatic rings. The number of unbranched alkanes of at least 4 members (excludes halogenated alkanes) is 6. The van der Waals surface area contributed by atoms with Crippen LogP contribution >= 0.6 is 0 Å². The van der Waals surface area contributed by atoms with E-state index in [0.29, 0.717) is 45.2 Å². The van der Waals surface area contributed by atoms with Crippen LogP contribution in [-0.2, 0) is 39.9 Å². The van der Waals surface area contributed by atoms with Crippen LogP contribution in [0.2, 0.25) is 0 Å². The smallest absolute Gasteiger partial charge is 0.252 e. The average Bonchev–Trinajstić information content (AvgIpc) is 1.18. The molecule has 0 saturated carbocycles. The summed E-state index contributed by atoms with van der Waals surface area (Å²) in [5, 5.41) is 0.752. The molecule has 4 aliphatic rings. The summed E-state index contributed by atoms with van der Waals surface area (Å²) in [5.41, 5.74) is 34.4. The first-order valence-corrected chi connectivity index (χ1v) is 46.0. The number of fused-ring (bicyclic) bond motifs is 13. The zero-order chi connectivity index (χ0) is 90.9. The summed E-state index contributed by atoms with van der Waals surface area (Å²) in [4.78, 5) is 5.28. The topological polar surface area (TPSA) is 11.4 Å². The summed E-state index contributed by atoms with van der Waals surface area (Å²) in [6.45, 7) is 20.2. The number of aromatic nitrogens is 1. The molecular formula is C122H112BN3. The van der Waals surface area contributed by atoms with Crippen LogP contribution in [-0.4, -0.2) is 24.4 Å². The molecule has 0 atom stereocenters. The van der Waals surface area contributed by atoms with Crippen molar-refractivity contribution in [2.75, 3.05) is 22.9 Å². The molecule has 21 rings (SSSR count). The molecule has 1 aromatic heterocycles. The van der Waals surface area contributed by atoms with Gasteiger partial charge in [-0.25, -0.2) is 0 Å². The van der Waals surface area contributed by atoms with Gasteiger partial charge in [-0.3, -0.25) is 0 Å². The van der Waals surface area contributed by atoms with Crippen molar-refractivity contribution in [3.05, 3.63) is 442 Å². The number of aryl methyl sites for hydroxylation is 2. The SMILES string of the molecule is [2H]c1c(C(C)(C)C)c([2H])c2c3c([2H])c(C(C)(C)C)c([2H])c([2H])c3n(-c3ccc4c(c3)N(CCCCCCc3ccccc3-c3ccc5c(c3)C(c3ccccc3)(c3ccccc3)c3ccccc3-5)c3cc(C(C)(C)C)cc5c3B4c3cc(-c4ccccc4)ccc3N5CCCCCCc3ccccc3-c3ccc4c(c3)C(c3ccccc3)(c3ccccc3)c3ccccc3-4)c2c1[2H]. The van der Waals surface area contributed by atoms with Gasteiger partial charge in [-0.15, -0.1) is 0 Å². The van der Waals surface area contributed by atoms with Gasteiger partial charge in [-0.2, -0.15) is 0 Å². The van der Waals surface area contributed by atoms with Crippen LogP contribution in [0.3, 0.4) is 0 Å². The summed E-state index contributed by atoms with van der Waals surface area (Å²) in [6, 6.07) is 125. The van der Waals surface area contributed by atoms with Crippen molar-refractivity contribution in [3.63, 3.8) is 0 Å². The summed E-state index contributed by atoms with van der Waals surface area (Å²) >= 11 is 0. The maximum absolute atomic E-state index is 10.3. The lowest BCUT2D eigenvalue weighted by Gasteiger charge is -2.45.